The lowest BCUT2D eigenvalue weighted by Crippen LogP contribution is -2.40. The van der Waals surface area contributed by atoms with Crippen molar-refractivity contribution in [3.63, 3.8) is 0 Å². The van der Waals surface area contributed by atoms with Gasteiger partial charge in [0.15, 0.2) is 0 Å². The minimum atomic E-state index is 0.718. The highest BCUT2D eigenvalue weighted by atomic mass is 15.2. The van der Waals surface area contributed by atoms with Crippen molar-refractivity contribution in [1.82, 2.24) is 10.3 Å². The van der Waals surface area contributed by atoms with Crippen LogP contribution >= 0.6 is 0 Å². The average molecular weight is 259 g/mol. The summed E-state index contributed by atoms with van der Waals surface area (Å²) in [7, 11) is 0. The molecule has 0 radical (unpaired) electrons. The van der Waals surface area contributed by atoms with Crippen LogP contribution in [0.4, 0.5) is 5.69 Å². The highest BCUT2D eigenvalue weighted by Gasteiger charge is 2.24. The summed E-state index contributed by atoms with van der Waals surface area (Å²) in [4.78, 5) is 6.94. The molecule has 19 heavy (non-hydrogen) atoms. The van der Waals surface area contributed by atoms with Gasteiger partial charge < -0.3 is 10.2 Å². The molecule has 1 unspecified atom stereocenters. The molecule has 1 aliphatic heterocycles. The van der Waals surface area contributed by atoms with E-state index < -0.39 is 0 Å². The van der Waals surface area contributed by atoms with E-state index in [4.69, 9.17) is 0 Å². The molecule has 3 nitrogen and oxygen atoms in total. The van der Waals surface area contributed by atoms with Crippen LogP contribution in [-0.4, -0.2) is 23.6 Å². The van der Waals surface area contributed by atoms with Gasteiger partial charge in [0.25, 0.3) is 0 Å². The second-order valence-electron chi connectivity index (χ2n) is 5.91. The standard InChI is InChI=1S/C16H25N3/c1-2-15-5-3-4-10-19(15)16-8-9-17-11-13(16)12-18-14-6-7-14/h8-9,11,14-15,18H,2-7,10,12H2,1H3. The summed E-state index contributed by atoms with van der Waals surface area (Å²) in [6, 6.07) is 3.69. The largest absolute Gasteiger partial charge is 0.368 e. The van der Waals surface area contributed by atoms with Crippen LogP contribution in [-0.2, 0) is 6.54 Å². The molecule has 104 valence electrons. The molecule has 3 heteroatoms. The number of nitrogens with one attached hydrogen (secondary N) is 1. The third kappa shape index (κ3) is 3.08. The number of piperidine rings is 1. The van der Waals surface area contributed by atoms with Gasteiger partial charge in [0, 0.05) is 48.8 Å². The number of aromatic nitrogens is 1. The van der Waals surface area contributed by atoms with Crippen LogP contribution in [0.3, 0.4) is 0 Å². The first kappa shape index (κ1) is 12.9. The maximum Gasteiger partial charge on any atom is 0.0445 e. The monoisotopic (exact) mass is 259 g/mol. The van der Waals surface area contributed by atoms with Crippen LogP contribution < -0.4 is 10.2 Å². The Hall–Kier alpha value is -1.09. The van der Waals surface area contributed by atoms with E-state index >= 15 is 0 Å². The predicted molar refractivity (Wildman–Crippen MR) is 79.4 cm³/mol. The van der Waals surface area contributed by atoms with Gasteiger partial charge in [-0.15, -0.1) is 0 Å². The first-order valence-electron chi connectivity index (χ1n) is 7.81. The molecule has 1 aromatic rings. The Bertz CT molecular complexity index is 414. The third-order valence-electron chi connectivity index (χ3n) is 4.44. The lowest BCUT2D eigenvalue weighted by atomic mass is 9.98. The van der Waals surface area contributed by atoms with Crippen LogP contribution in [0.2, 0.25) is 0 Å². The van der Waals surface area contributed by atoms with Crippen molar-refractivity contribution in [3.8, 4) is 0 Å². The van der Waals surface area contributed by atoms with Gasteiger partial charge >= 0.3 is 0 Å². The minimum Gasteiger partial charge on any atom is -0.368 e. The average Bonchev–Trinajstić information content (AvgIpc) is 3.29. The second kappa shape index (κ2) is 5.91. The molecule has 2 aliphatic rings. The van der Waals surface area contributed by atoms with E-state index in [0.29, 0.717) is 0 Å². The van der Waals surface area contributed by atoms with Gasteiger partial charge in [0.2, 0.25) is 0 Å². The Morgan fingerprint density at radius 3 is 3.00 bits per heavy atom. The fourth-order valence-corrected chi connectivity index (χ4v) is 3.12. The number of rotatable bonds is 5. The lowest BCUT2D eigenvalue weighted by Gasteiger charge is -2.38. The summed E-state index contributed by atoms with van der Waals surface area (Å²) in [5, 5.41) is 3.62. The molecule has 0 amide bonds. The van der Waals surface area contributed by atoms with Gasteiger partial charge in [-0.05, 0) is 44.6 Å². The summed E-state index contributed by atoms with van der Waals surface area (Å²) in [6.45, 7) is 4.49. The number of hydrogen-bond donors (Lipinski definition) is 1. The normalized spacial score (nSPS) is 23.6. The predicted octanol–water partition coefficient (Wildman–Crippen LogP) is 3.10. The SMILES string of the molecule is CCC1CCCCN1c1ccncc1CNC1CC1. The maximum absolute atomic E-state index is 4.32. The molecule has 2 heterocycles. The molecule has 1 saturated carbocycles. The number of hydrogen-bond acceptors (Lipinski definition) is 3. The zero-order chi connectivity index (χ0) is 13.1. The number of nitrogens with zero attached hydrogens (tertiary/aromatic N) is 2. The fraction of sp³-hybridized carbons (Fsp3) is 0.688. The fourth-order valence-electron chi connectivity index (χ4n) is 3.12. The molecule has 1 aromatic heterocycles. The zero-order valence-electron chi connectivity index (χ0n) is 11.9. The topological polar surface area (TPSA) is 28.2 Å². The number of anilines is 1. The molecular formula is C16H25N3. The van der Waals surface area contributed by atoms with Gasteiger partial charge in [0.05, 0.1) is 0 Å². The van der Waals surface area contributed by atoms with E-state index in [1.54, 1.807) is 0 Å². The Balaban J connectivity index is 1.76. The molecule has 2 fully saturated rings. The van der Waals surface area contributed by atoms with E-state index in [-0.39, 0.29) is 0 Å². The Morgan fingerprint density at radius 2 is 2.21 bits per heavy atom. The van der Waals surface area contributed by atoms with Crippen LogP contribution in [0.25, 0.3) is 0 Å². The molecule has 0 bridgehead atoms. The van der Waals surface area contributed by atoms with Crippen LogP contribution in [0.15, 0.2) is 18.5 Å². The summed E-state index contributed by atoms with van der Waals surface area (Å²) in [6.07, 6.45) is 12.0. The first-order valence-corrected chi connectivity index (χ1v) is 7.81. The van der Waals surface area contributed by atoms with Crippen molar-refractivity contribution in [2.24, 2.45) is 0 Å². The molecule has 1 saturated heterocycles. The molecule has 0 aromatic carbocycles. The molecule has 1 atom stereocenters. The Kier molecular flexibility index (Phi) is 4.02. The van der Waals surface area contributed by atoms with Crippen LogP contribution in [0.1, 0.15) is 51.0 Å². The van der Waals surface area contributed by atoms with Gasteiger partial charge in [-0.1, -0.05) is 6.92 Å². The quantitative estimate of drug-likeness (QED) is 0.880. The number of pyridine rings is 1. The van der Waals surface area contributed by atoms with Crippen molar-refractivity contribution >= 4 is 5.69 Å². The molecular weight excluding hydrogens is 234 g/mol. The summed E-state index contributed by atoms with van der Waals surface area (Å²) in [5.41, 5.74) is 2.78. The highest BCUT2D eigenvalue weighted by Crippen LogP contribution is 2.29. The Morgan fingerprint density at radius 1 is 1.32 bits per heavy atom. The first-order chi connectivity index (χ1) is 9.38. The summed E-state index contributed by atoms with van der Waals surface area (Å²) < 4.78 is 0. The van der Waals surface area contributed by atoms with Crippen molar-refractivity contribution in [1.29, 1.82) is 0 Å². The molecule has 1 N–H and O–H groups in total. The minimum absolute atomic E-state index is 0.718. The lowest BCUT2D eigenvalue weighted by molar-refractivity contribution is 0.448. The smallest absolute Gasteiger partial charge is 0.0445 e. The van der Waals surface area contributed by atoms with Crippen LogP contribution in [0.5, 0.6) is 0 Å². The molecule has 1 aliphatic carbocycles. The van der Waals surface area contributed by atoms with E-state index in [2.05, 4.69) is 28.2 Å². The highest BCUT2D eigenvalue weighted by molar-refractivity contribution is 5.53. The van der Waals surface area contributed by atoms with Crippen molar-refractivity contribution in [2.75, 3.05) is 11.4 Å². The molecule has 3 rings (SSSR count). The van der Waals surface area contributed by atoms with E-state index in [0.717, 1.165) is 18.6 Å². The van der Waals surface area contributed by atoms with Gasteiger partial charge in [-0.3, -0.25) is 4.98 Å². The maximum atomic E-state index is 4.32. The van der Waals surface area contributed by atoms with Gasteiger partial charge in [-0.2, -0.15) is 0 Å². The van der Waals surface area contributed by atoms with Gasteiger partial charge in [0.1, 0.15) is 0 Å². The van der Waals surface area contributed by atoms with E-state index in [1.807, 2.05) is 12.4 Å². The summed E-state index contributed by atoms with van der Waals surface area (Å²) in [5.74, 6) is 0. The van der Waals surface area contributed by atoms with E-state index in [9.17, 15) is 0 Å². The Labute approximate surface area is 116 Å². The molecule has 0 spiro atoms. The second-order valence-corrected chi connectivity index (χ2v) is 5.91. The summed E-state index contributed by atoms with van der Waals surface area (Å²) >= 11 is 0. The van der Waals surface area contributed by atoms with E-state index in [1.165, 1.54) is 56.3 Å². The van der Waals surface area contributed by atoms with Crippen LogP contribution in [0, 0.1) is 0 Å². The van der Waals surface area contributed by atoms with Crippen molar-refractivity contribution < 1.29 is 0 Å². The van der Waals surface area contributed by atoms with Gasteiger partial charge in [-0.25, -0.2) is 0 Å². The zero-order valence-corrected chi connectivity index (χ0v) is 11.9. The van der Waals surface area contributed by atoms with Crippen molar-refractivity contribution in [3.05, 3.63) is 24.0 Å². The third-order valence-corrected chi connectivity index (χ3v) is 4.44. The van der Waals surface area contributed by atoms with Crippen molar-refractivity contribution in [2.45, 2.75) is 64.1 Å².